The van der Waals surface area contributed by atoms with Crippen molar-refractivity contribution >= 4 is 5.91 Å². The summed E-state index contributed by atoms with van der Waals surface area (Å²) in [6.07, 6.45) is -0.218. The van der Waals surface area contributed by atoms with Crippen LogP contribution in [0, 0.1) is 5.82 Å². The molecular weight excluding hydrogens is 281 g/mol. The van der Waals surface area contributed by atoms with E-state index in [1.165, 1.54) is 12.1 Å². The zero-order valence-electron chi connectivity index (χ0n) is 12.4. The first-order valence-corrected chi connectivity index (χ1v) is 7.36. The number of ether oxygens (including phenoxy) is 1. The number of hydrogen-bond acceptors (Lipinski definition) is 2. The van der Waals surface area contributed by atoms with Crippen LogP contribution < -0.4 is 0 Å². The van der Waals surface area contributed by atoms with Gasteiger partial charge >= 0.3 is 0 Å². The van der Waals surface area contributed by atoms with Crippen molar-refractivity contribution in [3.8, 4) is 0 Å². The Labute approximate surface area is 129 Å². The normalized spacial score (nSPS) is 20.0. The number of rotatable bonds is 3. The summed E-state index contributed by atoms with van der Waals surface area (Å²) in [6.45, 7) is 2.54. The highest BCUT2D eigenvalue weighted by atomic mass is 19.1. The minimum Gasteiger partial charge on any atom is -0.362 e. The van der Waals surface area contributed by atoms with Crippen molar-refractivity contribution in [2.24, 2.45) is 0 Å². The highest BCUT2D eigenvalue weighted by Gasteiger charge is 2.31. The van der Waals surface area contributed by atoms with E-state index < -0.39 is 0 Å². The Morgan fingerprint density at radius 1 is 1.14 bits per heavy atom. The highest BCUT2D eigenvalue weighted by molar-refractivity contribution is 5.78. The number of morpholine rings is 1. The zero-order valence-corrected chi connectivity index (χ0v) is 12.4. The van der Waals surface area contributed by atoms with Gasteiger partial charge in [0.1, 0.15) is 18.5 Å². The van der Waals surface area contributed by atoms with E-state index in [4.69, 9.17) is 4.74 Å². The molecule has 0 unspecified atom stereocenters. The Bertz CT molecular complexity index is 642. The number of benzene rings is 2. The molecule has 0 N–H and O–H groups in total. The summed E-state index contributed by atoms with van der Waals surface area (Å²) in [5, 5.41) is 0. The lowest BCUT2D eigenvalue weighted by Gasteiger charge is -2.37. The van der Waals surface area contributed by atoms with Crippen LogP contribution in [0.5, 0.6) is 0 Å². The molecule has 2 aromatic carbocycles. The molecule has 1 fully saturated rings. The van der Waals surface area contributed by atoms with Gasteiger partial charge in [-0.2, -0.15) is 0 Å². The summed E-state index contributed by atoms with van der Waals surface area (Å²) in [7, 11) is 0. The van der Waals surface area contributed by atoms with E-state index in [9.17, 15) is 9.18 Å². The maximum absolute atomic E-state index is 13.0. The molecule has 0 spiro atoms. The SMILES string of the molecule is C[C@H](c1ccccc1)N1C[C@@H](c2ccc(F)cc2)OCC1=O. The largest absolute Gasteiger partial charge is 0.362 e. The summed E-state index contributed by atoms with van der Waals surface area (Å²) >= 11 is 0. The van der Waals surface area contributed by atoms with Crippen molar-refractivity contribution in [2.75, 3.05) is 13.2 Å². The van der Waals surface area contributed by atoms with Gasteiger partial charge in [-0.1, -0.05) is 42.5 Å². The Kier molecular flexibility index (Phi) is 4.20. The highest BCUT2D eigenvalue weighted by Crippen LogP contribution is 2.29. The van der Waals surface area contributed by atoms with Gasteiger partial charge in [-0.05, 0) is 30.2 Å². The third-order valence-electron chi connectivity index (χ3n) is 4.08. The minimum absolute atomic E-state index is 0.0134. The van der Waals surface area contributed by atoms with E-state index in [0.29, 0.717) is 6.54 Å². The van der Waals surface area contributed by atoms with Crippen molar-refractivity contribution in [1.29, 1.82) is 0 Å². The van der Waals surface area contributed by atoms with Gasteiger partial charge in [0, 0.05) is 0 Å². The molecule has 114 valence electrons. The Morgan fingerprint density at radius 2 is 1.82 bits per heavy atom. The first kappa shape index (κ1) is 14.7. The predicted octanol–water partition coefficient (Wildman–Crippen LogP) is 3.49. The molecule has 3 rings (SSSR count). The third-order valence-corrected chi connectivity index (χ3v) is 4.08. The van der Waals surface area contributed by atoms with Gasteiger partial charge in [0.05, 0.1) is 12.6 Å². The topological polar surface area (TPSA) is 29.5 Å². The molecular formula is C18H18FNO2. The van der Waals surface area contributed by atoms with Gasteiger partial charge in [0.2, 0.25) is 5.91 Å². The number of carbonyl (C=O) groups is 1. The van der Waals surface area contributed by atoms with E-state index in [0.717, 1.165) is 11.1 Å². The lowest BCUT2D eigenvalue weighted by atomic mass is 10.0. The maximum Gasteiger partial charge on any atom is 0.249 e. The molecule has 1 aliphatic heterocycles. The smallest absolute Gasteiger partial charge is 0.249 e. The summed E-state index contributed by atoms with van der Waals surface area (Å²) in [6, 6.07) is 16.2. The van der Waals surface area contributed by atoms with Crippen LogP contribution in [-0.4, -0.2) is 24.0 Å². The van der Waals surface area contributed by atoms with Crippen LogP contribution >= 0.6 is 0 Å². The zero-order chi connectivity index (χ0) is 15.5. The molecule has 0 saturated carbocycles. The maximum atomic E-state index is 13.0. The second-order valence-corrected chi connectivity index (χ2v) is 5.48. The standard InChI is InChI=1S/C18H18FNO2/c1-13(14-5-3-2-4-6-14)20-11-17(22-12-18(20)21)15-7-9-16(19)10-8-15/h2-10,13,17H,11-12H2,1H3/t13-,17+/m1/s1. The summed E-state index contributed by atoms with van der Waals surface area (Å²) in [4.78, 5) is 14.0. The van der Waals surface area contributed by atoms with Gasteiger partial charge in [-0.3, -0.25) is 4.79 Å². The molecule has 1 aliphatic rings. The fraction of sp³-hybridized carbons (Fsp3) is 0.278. The molecule has 2 aromatic rings. The first-order chi connectivity index (χ1) is 10.6. The number of carbonyl (C=O) groups excluding carboxylic acids is 1. The fourth-order valence-electron chi connectivity index (χ4n) is 2.75. The van der Waals surface area contributed by atoms with Crippen LogP contribution in [0.1, 0.15) is 30.2 Å². The Balaban J connectivity index is 1.79. The predicted molar refractivity (Wildman–Crippen MR) is 81.7 cm³/mol. The van der Waals surface area contributed by atoms with Crippen molar-refractivity contribution in [2.45, 2.75) is 19.1 Å². The van der Waals surface area contributed by atoms with E-state index in [1.807, 2.05) is 42.2 Å². The number of amides is 1. The minimum atomic E-state index is -0.273. The van der Waals surface area contributed by atoms with Gasteiger partial charge in [0.25, 0.3) is 0 Å². The molecule has 3 nitrogen and oxygen atoms in total. The van der Waals surface area contributed by atoms with Crippen LogP contribution in [0.3, 0.4) is 0 Å². The first-order valence-electron chi connectivity index (χ1n) is 7.36. The molecule has 0 bridgehead atoms. The summed E-state index contributed by atoms with van der Waals surface area (Å²) in [5.74, 6) is -0.292. The van der Waals surface area contributed by atoms with E-state index in [1.54, 1.807) is 12.1 Å². The van der Waals surface area contributed by atoms with Crippen LogP contribution in [-0.2, 0) is 9.53 Å². The van der Waals surface area contributed by atoms with E-state index in [-0.39, 0.29) is 30.5 Å². The molecule has 0 aromatic heterocycles. The average Bonchev–Trinajstić information content (AvgIpc) is 2.56. The molecule has 0 aliphatic carbocycles. The third kappa shape index (κ3) is 3.02. The van der Waals surface area contributed by atoms with Crippen molar-refractivity contribution in [3.63, 3.8) is 0 Å². The fourth-order valence-corrected chi connectivity index (χ4v) is 2.75. The summed E-state index contributed by atoms with van der Waals surface area (Å²) in [5.41, 5.74) is 1.98. The monoisotopic (exact) mass is 299 g/mol. The number of hydrogen-bond donors (Lipinski definition) is 0. The second kappa shape index (κ2) is 6.28. The van der Waals surface area contributed by atoms with Crippen LogP contribution in [0.15, 0.2) is 54.6 Å². The number of nitrogens with zero attached hydrogens (tertiary/aromatic N) is 1. The second-order valence-electron chi connectivity index (χ2n) is 5.48. The van der Waals surface area contributed by atoms with Gasteiger partial charge in [0.15, 0.2) is 0 Å². The van der Waals surface area contributed by atoms with Crippen LogP contribution in [0.25, 0.3) is 0 Å². The summed E-state index contributed by atoms with van der Waals surface area (Å²) < 4.78 is 18.7. The molecule has 22 heavy (non-hydrogen) atoms. The van der Waals surface area contributed by atoms with Crippen molar-refractivity contribution in [3.05, 3.63) is 71.5 Å². The van der Waals surface area contributed by atoms with Crippen LogP contribution in [0.4, 0.5) is 4.39 Å². The van der Waals surface area contributed by atoms with Gasteiger partial charge in [-0.15, -0.1) is 0 Å². The molecule has 1 heterocycles. The van der Waals surface area contributed by atoms with E-state index in [2.05, 4.69) is 0 Å². The van der Waals surface area contributed by atoms with Gasteiger partial charge < -0.3 is 9.64 Å². The Hall–Kier alpha value is -2.20. The molecule has 4 heteroatoms. The molecule has 0 radical (unpaired) electrons. The van der Waals surface area contributed by atoms with Gasteiger partial charge in [-0.25, -0.2) is 4.39 Å². The molecule has 2 atom stereocenters. The molecule has 1 saturated heterocycles. The lowest BCUT2D eigenvalue weighted by Crippen LogP contribution is -2.44. The van der Waals surface area contributed by atoms with Crippen molar-refractivity contribution < 1.29 is 13.9 Å². The lowest BCUT2D eigenvalue weighted by molar-refractivity contribution is -0.152. The molecule has 1 amide bonds. The Morgan fingerprint density at radius 3 is 2.50 bits per heavy atom. The van der Waals surface area contributed by atoms with E-state index >= 15 is 0 Å². The van der Waals surface area contributed by atoms with Crippen molar-refractivity contribution in [1.82, 2.24) is 4.90 Å². The average molecular weight is 299 g/mol. The van der Waals surface area contributed by atoms with Crippen LogP contribution in [0.2, 0.25) is 0 Å². The quantitative estimate of drug-likeness (QED) is 0.868. The number of halogens is 1.